The van der Waals surface area contributed by atoms with Gasteiger partial charge in [0.05, 0.1) is 19.1 Å². The molecule has 3 rings (SSSR count). The first-order chi connectivity index (χ1) is 16.0. The lowest BCUT2D eigenvalue weighted by atomic mass is 9.98. The molecule has 178 valence electrons. The van der Waals surface area contributed by atoms with Gasteiger partial charge in [-0.15, -0.1) is 10.2 Å². The van der Waals surface area contributed by atoms with Crippen LogP contribution in [0.5, 0.6) is 5.75 Å². The van der Waals surface area contributed by atoms with Gasteiger partial charge >= 0.3 is 5.97 Å². The number of nitrogens with one attached hydrogen (secondary N) is 1. The standard InChI is InChI=1S/C24H32N4O5/c1-3-5-15-33-19-10-8-17(9-11-19)22-25-23(30)20(26-27-22)12-13-21(29)28-14-6-7-18(16-28)24(31)32-4-2/h8-11,18H,3-7,12-16H2,1-2H3,(H,25,27,30)/t18-/m1/s1. The number of unbranched alkanes of at least 4 members (excludes halogenated alkanes) is 1. The zero-order valence-electron chi connectivity index (χ0n) is 19.3. The van der Waals surface area contributed by atoms with Gasteiger partial charge in [-0.25, -0.2) is 0 Å². The molecule has 1 aliphatic heterocycles. The van der Waals surface area contributed by atoms with Crippen molar-refractivity contribution in [2.45, 2.75) is 52.4 Å². The number of aromatic nitrogens is 3. The Balaban J connectivity index is 1.55. The third kappa shape index (κ3) is 6.87. The van der Waals surface area contributed by atoms with E-state index in [-0.39, 0.29) is 41.9 Å². The molecule has 1 atom stereocenters. The average Bonchev–Trinajstić information content (AvgIpc) is 2.84. The van der Waals surface area contributed by atoms with Crippen LogP contribution in [0.25, 0.3) is 11.4 Å². The van der Waals surface area contributed by atoms with Gasteiger partial charge in [0.15, 0.2) is 5.82 Å². The Morgan fingerprint density at radius 3 is 2.67 bits per heavy atom. The molecule has 0 unspecified atom stereocenters. The summed E-state index contributed by atoms with van der Waals surface area (Å²) in [4.78, 5) is 41.5. The third-order valence-electron chi connectivity index (χ3n) is 5.63. The number of carbonyl (C=O) groups is 2. The second-order valence-electron chi connectivity index (χ2n) is 8.11. The van der Waals surface area contributed by atoms with Crippen molar-refractivity contribution in [1.82, 2.24) is 20.1 Å². The van der Waals surface area contributed by atoms with Crippen molar-refractivity contribution < 1.29 is 19.1 Å². The van der Waals surface area contributed by atoms with Crippen LogP contribution in [0.15, 0.2) is 29.1 Å². The van der Waals surface area contributed by atoms with Crippen LogP contribution in [0.3, 0.4) is 0 Å². The second-order valence-corrected chi connectivity index (χ2v) is 8.11. The van der Waals surface area contributed by atoms with Gasteiger partial charge in [-0.1, -0.05) is 13.3 Å². The number of amides is 1. The van der Waals surface area contributed by atoms with Gasteiger partial charge in [0.25, 0.3) is 5.56 Å². The summed E-state index contributed by atoms with van der Waals surface area (Å²) in [5.74, 6) is 0.485. The van der Waals surface area contributed by atoms with Crippen LogP contribution in [-0.2, 0) is 20.7 Å². The minimum absolute atomic E-state index is 0.104. The molecule has 0 bridgehead atoms. The Bertz CT molecular complexity index is 989. The van der Waals surface area contributed by atoms with E-state index in [1.807, 2.05) is 24.3 Å². The Kier molecular flexibility index (Phi) is 8.97. The molecule has 9 nitrogen and oxygen atoms in total. The molecule has 1 N–H and O–H groups in total. The minimum atomic E-state index is -0.362. The van der Waals surface area contributed by atoms with E-state index in [4.69, 9.17) is 9.47 Å². The minimum Gasteiger partial charge on any atom is -0.494 e. The van der Waals surface area contributed by atoms with Crippen LogP contribution >= 0.6 is 0 Å². The fourth-order valence-electron chi connectivity index (χ4n) is 3.74. The number of likely N-dealkylation sites (tertiary alicyclic amines) is 1. The largest absolute Gasteiger partial charge is 0.494 e. The first kappa shape index (κ1) is 24.4. The van der Waals surface area contributed by atoms with E-state index >= 15 is 0 Å². The maximum atomic E-state index is 12.6. The second kappa shape index (κ2) is 12.1. The van der Waals surface area contributed by atoms with Crippen LogP contribution in [0, 0.1) is 5.92 Å². The summed E-state index contributed by atoms with van der Waals surface area (Å²) in [6, 6.07) is 7.31. The Labute approximate surface area is 193 Å². The molecule has 1 aromatic heterocycles. The number of esters is 1. The number of H-pyrrole nitrogens is 1. The van der Waals surface area contributed by atoms with Gasteiger partial charge in [0, 0.05) is 31.5 Å². The predicted molar refractivity (Wildman–Crippen MR) is 123 cm³/mol. The molecule has 0 radical (unpaired) electrons. The van der Waals surface area contributed by atoms with Crippen molar-refractivity contribution in [3.8, 4) is 17.1 Å². The lowest BCUT2D eigenvalue weighted by molar-refractivity contribution is -0.151. The van der Waals surface area contributed by atoms with E-state index in [1.54, 1.807) is 11.8 Å². The van der Waals surface area contributed by atoms with Crippen LogP contribution in [0.4, 0.5) is 0 Å². The highest BCUT2D eigenvalue weighted by atomic mass is 16.5. The maximum Gasteiger partial charge on any atom is 0.310 e. The lowest BCUT2D eigenvalue weighted by Crippen LogP contribution is -2.43. The molecule has 9 heteroatoms. The van der Waals surface area contributed by atoms with Crippen molar-refractivity contribution in [2.24, 2.45) is 5.92 Å². The fraction of sp³-hybridized carbons (Fsp3) is 0.542. The number of carbonyl (C=O) groups excluding carboxylic acids is 2. The van der Waals surface area contributed by atoms with Crippen molar-refractivity contribution in [3.63, 3.8) is 0 Å². The highest BCUT2D eigenvalue weighted by Crippen LogP contribution is 2.20. The third-order valence-corrected chi connectivity index (χ3v) is 5.63. The van der Waals surface area contributed by atoms with Gasteiger partial charge in [-0.05, 0) is 50.5 Å². The molecular formula is C24H32N4O5. The predicted octanol–water partition coefficient (Wildman–Crippen LogP) is 2.75. The number of hydrogen-bond donors (Lipinski definition) is 1. The number of benzene rings is 1. The smallest absolute Gasteiger partial charge is 0.310 e. The van der Waals surface area contributed by atoms with E-state index in [2.05, 4.69) is 22.1 Å². The van der Waals surface area contributed by atoms with Crippen LogP contribution in [0.1, 0.15) is 51.6 Å². The number of ether oxygens (including phenoxy) is 2. The summed E-state index contributed by atoms with van der Waals surface area (Å²) >= 11 is 0. The molecule has 33 heavy (non-hydrogen) atoms. The van der Waals surface area contributed by atoms with Crippen molar-refractivity contribution >= 4 is 11.9 Å². The average molecular weight is 457 g/mol. The zero-order valence-corrected chi connectivity index (χ0v) is 19.3. The van der Waals surface area contributed by atoms with Crippen LogP contribution < -0.4 is 10.3 Å². The molecule has 2 aromatic rings. The number of rotatable bonds is 10. The number of hydrogen-bond acceptors (Lipinski definition) is 7. The number of aromatic amines is 1. The molecule has 1 fully saturated rings. The van der Waals surface area contributed by atoms with Gasteiger partial charge in [-0.2, -0.15) is 0 Å². The summed E-state index contributed by atoms with van der Waals surface area (Å²) in [5, 5.41) is 8.18. The Hall–Kier alpha value is -3.23. The monoisotopic (exact) mass is 456 g/mol. The van der Waals surface area contributed by atoms with Crippen LogP contribution in [0.2, 0.25) is 0 Å². The van der Waals surface area contributed by atoms with E-state index < -0.39 is 0 Å². The Morgan fingerprint density at radius 1 is 1.18 bits per heavy atom. The van der Waals surface area contributed by atoms with E-state index in [1.165, 1.54) is 0 Å². The van der Waals surface area contributed by atoms with Gasteiger partial charge < -0.3 is 19.4 Å². The molecule has 0 saturated carbocycles. The van der Waals surface area contributed by atoms with Gasteiger partial charge in [0.1, 0.15) is 11.4 Å². The summed E-state index contributed by atoms with van der Waals surface area (Å²) < 4.78 is 10.7. The summed E-state index contributed by atoms with van der Waals surface area (Å²) in [6.45, 7) is 5.84. The maximum absolute atomic E-state index is 12.6. The van der Waals surface area contributed by atoms with Crippen molar-refractivity contribution in [2.75, 3.05) is 26.3 Å². The van der Waals surface area contributed by atoms with Crippen molar-refractivity contribution in [3.05, 3.63) is 40.3 Å². The topological polar surface area (TPSA) is 114 Å². The van der Waals surface area contributed by atoms with E-state index in [0.717, 1.165) is 37.0 Å². The normalized spacial score (nSPS) is 15.8. The molecule has 0 spiro atoms. The quantitative estimate of drug-likeness (QED) is 0.432. The van der Waals surface area contributed by atoms with Gasteiger partial charge in [0.2, 0.25) is 5.91 Å². The first-order valence-corrected chi connectivity index (χ1v) is 11.6. The number of piperidine rings is 1. The van der Waals surface area contributed by atoms with E-state index in [9.17, 15) is 14.4 Å². The fourth-order valence-corrected chi connectivity index (χ4v) is 3.74. The highest BCUT2D eigenvalue weighted by Gasteiger charge is 2.29. The first-order valence-electron chi connectivity index (χ1n) is 11.6. The zero-order chi connectivity index (χ0) is 23.6. The molecule has 1 aromatic carbocycles. The van der Waals surface area contributed by atoms with Crippen LogP contribution in [-0.4, -0.2) is 58.3 Å². The molecule has 2 heterocycles. The summed E-state index contributed by atoms with van der Waals surface area (Å²) in [5.41, 5.74) is 0.577. The summed E-state index contributed by atoms with van der Waals surface area (Å²) in [6.07, 6.45) is 3.86. The molecule has 1 amide bonds. The molecule has 0 aliphatic carbocycles. The van der Waals surface area contributed by atoms with Crippen molar-refractivity contribution in [1.29, 1.82) is 0 Å². The Morgan fingerprint density at radius 2 is 1.97 bits per heavy atom. The summed E-state index contributed by atoms with van der Waals surface area (Å²) in [7, 11) is 0. The van der Waals surface area contributed by atoms with E-state index in [0.29, 0.717) is 32.1 Å². The van der Waals surface area contributed by atoms with Gasteiger partial charge in [-0.3, -0.25) is 14.4 Å². The molecule has 1 aliphatic rings. The SMILES string of the molecule is CCCCOc1ccc(-c2nnc(CCC(=O)N3CCC[C@@H](C(=O)OCC)C3)c(=O)[nH]2)cc1. The lowest BCUT2D eigenvalue weighted by Gasteiger charge is -2.31. The number of nitrogens with zero attached hydrogens (tertiary/aromatic N) is 3. The highest BCUT2D eigenvalue weighted by molar-refractivity contribution is 5.78. The molecular weight excluding hydrogens is 424 g/mol. The molecule has 1 saturated heterocycles. The number of aryl methyl sites for hydroxylation is 1.